The highest BCUT2D eigenvalue weighted by Gasteiger charge is 2.50. The van der Waals surface area contributed by atoms with E-state index in [1.165, 1.54) is 11.2 Å². The first-order chi connectivity index (χ1) is 15.9. The maximum Gasteiger partial charge on any atom is 0.325 e. The van der Waals surface area contributed by atoms with Crippen molar-refractivity contribution in [1.82, 2.24) is 24.9 Å². The second-order valence-corrected chi connectivity index (χ2v) is 8.58. The number of carbonyl (C=O) groups excluding carboxylic acids is 3. The molecule has 1 N–H and O–H groups in total. The molecule has 172 valence electrons. The third-order valence-corrected chi connectivity index (χ3v) is 6.59. The lowest BCUT2D eigenvalue weighted by molar-refractivity contribution is -0.127. The molecule has 2 atom stereocenters. The van der Waals surface area contributed by atoms with Crippen molar-refractivity contribution < 1.29 is 18.8 Å². The molecule has 0 aliphatic carbocycles. The maximum atomic E-state index is 12.8. The molecule has 3 aliphatic rings. The van der Waals surface area contributed by atoms with E-state index >= 15 is 0 Å². The second-order valence-electron chi connectivity index (χ2n) is 8.17. The highest BCUT2D eigenvalue weighted by atomic mass is 35.5. The average Bonchev–Trinajstić information content (AvgIpc) is 3.48. The molecule has 4 heterocycles. The number of nitrogens with one attached hydrogen (secondary N) is 1. The summed E-state index contributed by atoms with van der Waals surface area (Å²) in [5, 5.41) is 3.00. The molecule has 2 saturated heterocycles. The number of halogens is 1. The summed E-state index contributed by atoms with van der Waals surface area (Å²) in [6.07, 6.45) is 0.847. The largest absolute Gasteiger partial charge is 0.459 e. The summed E-state index contributed by atoms with van der Waals surface area (Å²) in [6, 6.07) is 9.65. The molecule has 1 aromatic carbocycles. The van der Waals surface area contributed by atoms with Gasteiger partial charge in [-0.05, 0) is 23.8 Å². The fourth-order valence-electron chi connectivity index (χ4n) is 4.42. The van der Waals surface area contributed by atoms with Gasteiger partial charge in [-0.2, -0.15) is 0 Å². The third kappa shape index (κ3) is 3.80. The Labute approximate surface area is 195 Å². The molecule has 0 spiro atoms. The van der Waals surface area contributed by atoms with E-state index in [0.29, 0.717) is 49.5 Å². The van der Waals surface area contributed by atoms with Crippen LogP contribution in [0.5, 0.6) is 0 Å². The summed E-state index contributed by atoms with van der Waals surface area (Å²) in [6.45, 7) is 2.39. The van der Waals surface area contributed by atoms with Crippen molar-refractivity contribution in [2.24, 2.45) is 4.99 Å². The molecule has 0 radical (unpaired) electrons. The smallest absolute Gasteiger partial charge is 0.325 e. The number of fused-ring (bicyclic) bond motifs is 1. The highest BCUT2D eigenvalue weighted by Crippen LogP contribution is 2.29. The van der Waals surface area contributed by atoms with Crippen molar-refractivity contribution in [3.63, 3.8) is 0 Å². The number of benzene rings is 1. The third-order valence-electron chi connectivity index (χ3n) is 6.22. The molecule has 11 heteroatoms. The van der Waals surface area contributed by atoms with Crippen LogP contribution in [0.1, 0.15) is 16.1 Å². The first-order valence-corrected chi connectivity index (χ1v) is 11.0. The predicted molar refractivity (Wildman–Crippen MR) is 119 cm³/mol. The van der Waals surface area contributed by atoms with Crippen LogP contribution in [0.2, 0.25) is 5.02 Å². The van der Waals surface area contributed by atoms with Gasteiger partial charge in [0, 0.05) is 44.8 Å². The van der Waals surface area contributed by atoms with Gasteiger partial charge >= 0.3 is 6.03 Å². The lowest BCUT2D eigenvalue weighted by Gasteiger charge is -2.40. The zero-order valence-corrected chi connectivity index (χ0v) is 18.7. The van der Waals surface area contributed by atoms with Crippen molar-refractivity contribution in [2.45, 2.75) is 18.8 Å². The predicted octanol–water partition coefficient (Wildman–Crippen LogP) is 1.44. The summed E-state index contributed by atoms with van der Waals surface area (Å²) in [5.74, 6) is 0.386. The first kappa shape index (κ1) is 21.3. The van der Waals surface area contributed by atoms with Crippen LogP contribution in [0.3, 0.4) is 0 Å². The number of hydrogen-bond donors (Lipinski definition) is 1. The van der Waals surface area contributed by atoms with Crippen LogP contribution in [-0.2, 0) is 11.3 Å². The van der Waals surface area contributed by atoms with Crippen LogP contribution in [-0.4, -0.2) is 88.8 Å². The molecular formula is C22H23ClN6O4. The Morgan fingerprint density at radius 3 is 2.61 bits per heavy atom. The molecule has 0 bridgehead atoms. The van der Waals surface area contributed by atoms with Gasteiger partial charge in [0.25, 0.3) is 11.8 Å². The van der Waals surface area contributed by atoms with Crippen LogP contribution in [0.4, 0.5) is 4.79 Å². The van der Waals surface area contributed by atoms with Crippen molar-refractivity contribution >= 4 is 35.4 Å². The van der Waals surface area contributed by atoms with Crippen molar-refractivity contribution in [2.75, 3.05) is 33.2 Å². The molecular weight excluding hydrogens is 448 g/mol. The van der Waals surface area contributed by atoms with Gasteiger partial charge in [-0.1, -0.05) is 29.8 Å². The van der Waals surface area contributed by atoms with E-state index in [1.54, 1.807) is 30.1 Å². The van der Waals surface area contributed by atoms with E-state index in [1.807, 2.05) is 28.0 Å². The number of carbonyl (C=O) groups is 3. The molecule has 1 aromatic heterocycles. The van der Waals surface area contributed by atoms with Crippen LogP contribution in [0.25, 0.3) is 0 Å². The van der Waals surface area contributed by atoms with E-state index in [2.05, 4.69) is 5.32 Å². The average molecular weight is 471 g/mol. The molecule has 3 aliphatic heterocycles. The maximum absolute atomic E-state index is 12.8. The lowest BCUT2D eigenvalue weighted by atomic mass is 10.1. The number of hydrogen-bond acceptors (Lipinski definition) is 7. The van der Waals surface area contributed by atoms with Gasteiger partial charge in [0.15, 0.2) is 23.9 Å². The Hall–Kier alpha value is -3.53. The number of urea groups is 1. The van der Waals surface area contributed by atoms with Crippen molar-refractivity contribution in [1.29, 1.82) is 0 Å². The van der Waals surface area contributed by atoms with Crippen LogP contribution >= 0.6 is 11.6 Å². The zero-order chi connectivity index (χ0) is 23.1. The molecule has 0 saturated carbocycles. The Bertz CT molecular complexity index is 1110. The zero-order valence-electron chi connectivity index (χ0n) is 18.0. The van der Waals surface area contributed by atoms with E-state index < -0.39 is 18.2 Å². The van der Waals surface area contributed by atoms with Gasteiger partial charge in [-0.25, -0.2) is 9.79 Å². The summed E-state index contributed by atoms with van der Waals surface area (Å²) >= 11 is 6.40. The fraction of sp³-hybridized carbons (Fsp3) is 0.364. The summed E-state index contributed by atoms with van der Waals surface area (Å²) in [5.41, 5.74) is 0.853. The molecule has 2 fully saturated rings. The normalized spacial score (nSPS) is 22.9. The summed E-state index contributed by atoms with van der Waals surface area (Å²) in [4.78, 5) is 49.6. The van der Waals surface area contributed by atoms with Gasteiger partial charge in [0.05, 0.1) is 6.26 Å². The number of piperazine rings is 1. The van der Waals surface area contributed by atoms with Gasteiger partial charge in [-0.15, -0.1) is 0 Å². The minimum absolute atomic E-state index is 0.153. The van der Waals surface area contributed by atoms with Gasteiger partial charge < -0.3 is 24.0 Å². The van der Waals surface area contributed by atoms with Gasteiger partial charge in [-0.3, -0.25) is 14.9 Å². The van der Waals surface area contributed by atoms with Crippen molar-refractivity contribution in [3.05, 3.63) is 59.0 Å². The molecule has 4 amide bonds. The molecule has 2 aromatic rings. The number of furan rings is 1. The Balaban J connectivity index is 1.39. The molecule has 10 nitrogen and oxygen atoms in total. The summed E-state index contributed by atoms with van der Waals surface area (Å²) in [7, 11) is 1.62. The number of likely N-dealkylation sites (N-methyl/N-ethyl adjacent to an activating group) is 1. The van der Waals surface area contributed by atoms with E-state index in [-0.39, 0.29) is 11.8 Å². The Morgan fingerprint density at radius 1 is 1.15 bits per heavy atom. The topological polar surface area (TPSA) is 102 Å². The monoisotopic (exact) mass is 470 g/mol. The van der Waals surface area contributed by atoms with Gasteiger partial charge in [0.2, 0.25) is 0 Å². The van der Waals surface area contributed by atoms with Crippen LogP contribution in [0, 0.1) is 0 Å². The van der Waals surface area contributed by atoms with Crippen LogP contribution in [0.15, 0.2) is 52.1 Å². The van der Waals surface area contributed by atoms with Crippen molar-refractivity contribution in [3.8, 4) is 0 Å². The number of rotatable bonds is 3. The number of guanidine groups is 1. The Morgan fingerprint density at radius 2 is 1.91 bits per heavy atom. The summed E-state index contributed by atoms with van der Waals surface area (Å²) < 4.78 is 5.24. The lowest BCUT2D eigenvalue weighted by Crippen LogP contribution is -2.64. The van der Waals surface area contributed by atoms with Crippen LogP contribution < -0.4 is 5.32 Å². The number of nitrogens with zero attached hydrogens (tertiary/aromatic N) is 5. The quantitative estimate of drug-likeness (QED) is 0.728. The number of imide groups is 1. The standard InChI is InChI=1S/C22H23ClN6O4/c1-26-18-17(19(30)25-22(26)32)29(13-14-5-2-3-6-15(14)23)21(24-18)28-10-8-27(9-11-28)20(31)16-7-4-12-33-16/h2-7,12,17-18H,8-11,13H2,1H3,(H,25,30,32). The fourth-order valence-corrected chi connectivity index (χ4v) is 4.62. The minimum atomic E-state index is -0.665. The van der Waals surface area contributed by atoms with E-state index in [4.69, 9.17) is 21.0 Å². The number of aliphatic imine (C=N–C) groups is 1. The number of amides is 4. The Kier molecular flexibility index (Phi) is 5.45. The minimum Gasteiger partial charge on any atom is -0.459 e. The SMILES string of the molecule is CN1C(=O)NC(=O)C2C1N=C(N1CCN(C(=O)c3ccco3)CC1)N2Cc1ccccc1Cl. The molecule has 5 rings (SSSR count). The van der Waals surface area contributed by atoms with Gasteiger partial charge in [0.1, 0.15) is 0 Å². The second kappa shape index (κ2) is 8.43. The molecule has 2 unspecified atom stereocenters. The first-order valence-electron chi connectivity index (χ1n) is 10.7. The molecule has 33 heavy (non-hydrogen) atoms. The van der Waals surface area contributed by atoms with E-state index in [9.17, 15) is 14.4 Å². The highest BCUT2D eigenvalue weighted by molar-refractivity contribution is 6.31. The van der Waals surface area contributed by atoms with E-state index in [0.717, 1.165) is 5.56 Å².